The van der Waals surface area contributed by atoms with Crippen LogP contribution in [0.2, 0.25) is 0 Å². The van der Waals surface area contributed by atoms with E-state index in [1.165, 1.54) is 4.90 Å². The summed E-state index contributed by atoms with van der Waals surface area (Å²) in [5.41, 5.74) is 2.78. The lowest BCUT2D eigenvalue weighted by molar-refractivity contribution is -0.156. The van der Waals surface area contributed by atoms with Crippen molar-refractivity contribution in [3.05, 3.63) is 71.3 Å². The predicted octanol–water partition coefficient (Wildman–Crippen LogP) is 3.28. The average Bonchev–Trinajstić information content (AvgIpc) is 3.08. The fourth-order valence-corrected chi connectivity index (χ4v) is 6.94. The Morgan fingerprint density at radius 1 is 1.00 bits per heavy atom. The predicted molar refractivity (Wildman–Crippen MR) is 165 cm³/mol. The van der Waals surface area contributed by atoms with E-state index in [2.05, 4.69) is 5.32 Å². The van der Waals surface area contributed by atoms with Gasteiger partial charge in [0.25, 0.3) is 0 Å². The van der Waals surface area contributed by atoms with Gasteiger partial charge in [-0.1, -0.05) is 66.4 Å². The molecule has 228 valence electrons. The first-order chi connectivity index (χ1) is 19.4. The highest BCUT2D eigenvalue weighted by Crippen LogP contribution is 2.39. The van der Waals surface area contributed by atoms with Crippen molar-refractivity contribution in [2.45, 2.75) is 55.5 Å². The molecular formula is C30H37Cl2N3O6S. The molecule has 2 aromatic rings. The monoisotopic (exact) mass is 637 g/mol. The van der Waals surface area contributed by atoms with Crippen LogP contribution in [0.1, 0.15) is 42.0 Å². The van der Waals surface area contributed by atoms with Crippen molar-refractivity contribution in [2.24, 2.45) is 0 Å². The normalized spacial score (nSPS) is 22.7. The molecule has 0 aromatic heterocycles. The van der Waals surface area contributed by atoms with Crippen molar-refractivity contribution in [1.82, 2.24) is 15.1 Å². The van der Waals surface area contributed by atoms with Gasteiger partial charge < -0.3 is 20.1 Å². The fourth-order valence-electron chi connectivity index (χ4n) is 5.92. The van der Waals surface area contributed by atoms with Crippen LogP contribution in [0.5, 0.6) is 0 Å². The molecule has 42 heavy (non-hydrogen) atoms. The number of aliphatic carboxylic acids is 1. The molecule has 0 radical (unpaired) electrons. The number of halogens is 2. The van der Waals surface area contributed by atoms with Crippen molar-refractivity contribution >= 4 is 59.5 Å². The van der Waals surface area contributed by atoms with Gasteiger partial charge in [-0.05, 0) is 42.4 Å². The summed E-state index contributed by atoms with van der Waals surface area (Å²) in [6.07, 6.45) is 2.36. The second kappa shape index (κ2) is 15.7. The minimum Gasteiger partial charge on any atom is -0.480 e. The summed E-state index contributed by atoms with van der Waals surface area (Å²) < 4.78 is 5.37. The number of carbonyl (C=O) groups is 4. The lowest BCUT2D eigenvalue weighted by Crippen LogP contribution is -2.56. The summed E-state index contributed by atoms with van der Waals surface area (Å²) in [4.78, 5) is 56.4. The summed E-state index contributed by atoms with van der Waals surface area (Å²) in [6, 6.07) is 15.0. The Morgan fingerprint density at radius 3 is 2.40 bits per heavy atom. The van der Waals surface area contributed by atoms with E-state index in [0.717, 1.165) is 28.5 Å². The van der Waals surface area contributed by atoms with E-state index < -0.39 is 29.2 Å². The van der Waals surface area contributed by atoms with E-state index in [1.807, 2.05) is 59.5 Å². The molecule has 5 rings (SSSR count). The van der Waals surface area contributed by atoms with Gasteiger partial charge in [0.05, 0.1) is 31.1 Å². The second-order valence-corrected chi connectivity index (χ2v) is 11.8. The number of ether oxygens (including phenoxy) is 1. The average molecular weight is 639 g/mol. The minimum absolute atomic E-state index is 0. The molecule has 0 aliphatic carbocycles. The number of hydrogen-bond donors (Lipinski definition) is 2. The molecule has 2 amide bonds. The van der Waals surface area contributed by atoms with Crippen LogP contribution in [-0.4, -0.2) is 88.0 Å². The number of carbonyl (C=O) groups excluding carboxylic acids is 3. The number of hydrogen-bond acceptors (Lipinski definition) is 7. The Hall–Kier alpha value is -2.63. The van der Waals surface area contributed by atoms with Gasteiger partial charge in [-0.25, -0.2) is 4.79 Å². The van der Waals surface area contributed by atoms with Crippen molar-refractivity contribution in [1.29, 1.82) is 0 Å². The van der Waals surface area contributed by atoms with Gasteiger partial charge in [0, 0.05) is 19.5 Å². The number of thioether (sulfide) groups is 1. The number of carboxylic acids is 1. The smallest absolute Gasteiger partial charge is 0.326 e. The molecule has 2 saturated heterocycles. The van der Waals surface area contributed by atoms with E-state index >= 15 is 0 Å². The van der Waals surface area contributed by atoms with Crippen LogP contribution in [-0.2, 0) is 36.8 Å². The van der Waals surface area contributed by atoms with Gasteiger partial charge in [0.2, 0.25) is 16.9 Å². The zero-order valence-electron chi connectivity index (χ0n) is 23.2. The highest BCUT2D eigenvalue weighted by atomic mass is 35.5. The van der Waals surface area contributed by atoms with Crippen molar-refractivity contribution in [3.8, 4) is 0 Å². The summed E-state index contributed by atoms with van der Waals surface area (Å²) in [5.74, 6) is -1.82. The molecule has 0 unspecified atom stereocenters. The van der Waals surface area contributed by atoms with Gasteiger partial charge in [0.15, 0.2) is 0 Å². The quantitative estimate of drug-likeness (QED) is 0.453. The Kier molecular flexibility index (Phi) is 12.7. The maximum Gasteiger partial charge on any atom is 0.326 e. The topological polar surface area (TPSA) is 116 Å². The summed E-state index contributed by atoms with van der Waals surface area (Å²) in [7, 11) is 0. The molecule has 9 nitrogen and oxygen atoms in total. The largest absolute Gasteiger partial charge is 0.480 e. The third-order valence-electron chi connectivity index (χ3n) is 7.91. The molecule has 3 aliphatic heterocycles. The molecule has 3 aliphatic rings. The van der Waals surface area contributed by atoms with E-state index in [-0.39, 0.29) is 54.8 Å². The zero-order chi connectivity index (χ0) is 28.1. The Morgan fingerprint density at radius 2 is 1.69 bits per heavy atom. The zero-order valence-corrected chi connectivity index (χ0v) is 25.6. The lowest BCUT2D eigenvalue weighted by atomic mass is 9.89. The summed E-state index contributed by atoms with van der Waals surface area (Å²) in [6.45, 7) is 2.70. The number of nitrogens with zero attached hydrogens (tertiary/aromatic N) is 2. The summed E-state index contributed by atoms with van der Waals surface area (Å²) >= 11 is 0.998. The first-order valence-corrected chi connectivity index (χ1v) is 14.8. The first kappa shape index (κ1) is 33.9. The Labute approximate surface area is 262 Å². The van der Waals surface area contributed by atoms with Crippen LogP contribution in [0.25, 0.3) is 0 Å². The lowest BCUT2D eigenvalue weighted by Gasteiger charge is -2.40. The van der Waals surface area contributed by atoms with Gasteiger partial charge in [-0.2, -0.15) is 0 Å². The van der Waals surface area contributed by atoms with Gasteiger partial charge in [-0.3, -0.25) is 19.3 Å². The molecule has 0 bridgehead atoms. The van der Waals surface area contributed by atoms with E-state index in [1.54, 1.807) is 0 Å². The standard InChI is InChI=1S/C30H35N3O6S.2ClH/c34-27(19-32-13-15-39-16-14-32)40-26(17-20-7-2-1-3-8-20)28(35)31-23-18-21-9-4-5-10-22(21)24-11-6-12-25(30(37)38)33(24)29(23)36;;/h1-5,7-10,23-26H,6,11-19H2,(H,31,35)(H,37,38);2*1H/t23-,24+,25-,26-;;/m0../s1. The number of morpholine rings is 1. The van der Waals surface area contributed by atoms with Crippen LogP contribution in [0.4, 0.5) is 0 Å². The molecule has 0 spiro atoms. The minimum atomic E-state index is -1.03. The maximum absolute atomic E-state index is 13.9. The number of amides is 2. The highest BCUT2D eigenvalue weighted by Gasteiger charge is 2.45. The van der Waals surface area contributed by atoms with Crippen molar-refractivity contribution < 1.29 is 29.0 Å². The van der Waals surface area contributed by atoms with Gasteiger partial charge in [-0.15, -0.1) is 24.8 Å². The number of piperidine rings is 1. The molecule has 12 heteroatoms. The van der Waals surface area contributed by atoms with E-state index in [0.29, 0.717) is 52.0 Å². The first-order valence-electron chi connectivity index (χ1n) is 13.9. The van der Waals surface area contributed by atoms with Crippen LogP contribution < -0.4 is 5.32 Å². The summed E-state index contributed by atoms with van der Waals surface area (Å²) in [5, 5.41) is 12.0. The van der Waals surface area contributed by atoms with E-state index in [9.17, 15) is 24.3 Å². The fraction of sp³-hybridized carbons (Fsp3) is 0.467. The number of fused-ring (bicyclic) bond motifs is 3. The number of benzene rings is 2. The molecule has 2 fully saturated rings. The molecule has 2 N–H and O–H groups in total. The Bertz CT molecular complexity index is 1250. The third kappa shape index (κ3) is 8.05. The van der Waals surface area contributed by atoms with Crippen LogP contribution in [0.3, 0.4) is 0 Å². The second-order valence-electron chi connectivity index (χ2n) is 10.6. The van der Waals surface area contributed by atoms with Crippen LogP contribution >= 0.6 is 36.6 Å². The molecule has 4 atom stereocenters. The van der Waals surface area contributed by atoms with Crippen molar-refractivity contribution in [3.63, 3.8) is 0 Å². The SMILES string of the molecule is Cl.Cl.O=C(CN1CCOCC1)S[C@@H](Cc1ccccc1)C(=O)N[C@H]1Cc2ccccc2[C@H]2CCC[C@@H](C(=O)O)N2C1=O. The molecule has 0 saturated carbocycles. The molecular weight excluding hydrogens is 601 g/mol. The van der Waals surface area contributed by atoms with Gasteiger partial charge >= 0.3 is 5.97 Å². The van der Waals surface area contributed by atoms with Gasteiger partial charge in [0.1, 0.15) is 12.1 Å². The third-order valence-corrected chi connectivity index (χ3v) is 8.96. The number of carboxylic acid groups (broad SMARTS) is 1. The van der Waals surface area contributed by atoms with Crippen LogP contribution in [0.15, 0.2) is 54.6 Å². The van der Waals surface area contributed by atoms with Crippen LogP contribution in [0, 0.1) is 0 Å². The Balaban J connectivity index is 0.00000242. The van der Waals surface area contributed by atoms with E-state index in [4.69, 9.17) is 4.74 Å². The maximum atomic E-state index is 13.9. The van der Waals surface area contributed by atoms with Crippen molar-refractivity contribution in [2.75, 3.05) is 32.8 Å². The number of nitrogens with one attached hydrogen (secondary N) is 1. The molecule has 2 aromatic carbocycles. The number of rotatable bonds is 8. The highest BCUT2D eigenvalue weighted by molar-refractivity contribution is 8.14. The molecule has 3 heterocycles.